The maximum Gasteiger partial charge on any atom is 0.407 e. The number of hydrogen-bond donors (Lipinski definition) is 2. The Hall–Kier alpha value is -1.69. The van der Waals surface area contributed by atoms with Gasteiger partial charge in [-0.15, -0.1) is 0 Å². The topological polar surface area (TPSA) is 76.1 Å². The maximum absolute atomic E-state index is 11.6. The third-order valence-corrected chi connectivity index (χ3v) is 2.44. The first-order valence-electron chi connectivity index (χ1n) is 6.65. The van der Waals surface area contributed by atoms with Gasteiger partial charge in [-0.3, -0.25) is 9.97 Å². The normalized spacial score (nSPS) is 12.1. The van der Waals surface area contributed by atoms with Gasteiger partial charge in [0.2, 0.25) is 0 Å². The lowest BCUT2D eigenvalue weighted by molar-refractivity contribution is 0.0513. The molecule has 0 aromatic carbocycles. The molecule has 1 rings (SSSR count). The number of ether oxygens (including phenoxy) is 1. The number of rotatable bonds is 5. The summed E-state index contributed by atoms with van der Waals surface area (Å²) in [7, 11) is 0. The zero-order chi connectivity index (χ0) is 15.2. The number of alkyl carbamates (subject to hydrolysis) is 1. The van der Waals surface area contributed by atoms with Crippen LogP contribution in [0.2, 0.25) is 0 Å². The highest BCUT2D eigenvalue weighted by molar-refractivity contribution is 5.67. The molecule has 0 aliphatic carbocycles. The molecule has 20 heavy (non-hydrogen) atoms. The molecule has 0 saturated heterocycles. The van der Waals surface area contributed by atoms with E-state index in [1.165, 1.54) is 0 Å². The second kappa shape index (κ2) is 6.65. The van der Waals surface area contributed by atoms with E-state index in [9.17, 15) is 4.79 Å². The Balaban J connectivity index is 2.36. The summed E-state index contributed by atoms with van der Waals surface area (Å²) >= 11 is 0. The van der Waals surface area contributed by atoms with Gasteiger partial charge in [-0.1, -0.05) is 0 Å². The summed E-state index contributed by atoms with van der Waals surface area (Å²) < 4.78 is 5.20. The van der Waals surface area contributed by atoms with Crippen molar-refractivity contribution in [1.29, 1.82) is 0 Å². The first-order valence-corrected chi connectivity index (χ1v) is 6.65. The van der Waals surface area contributed by atoms with Crippen LogP contribution in [0, 0.1) is 0 Å². The molecule has 0 atom stereocenters. The van der Waals surface area contributed by atoms with Crippen LogP contribution in [0.3, 0.4) is 0 Å². The fourth-order valence-corrected chi connectivity index (χ4v) is 1.42. The van der Waals surface area contributed by atoms with E-state index in [1.54, 1.807) is 18.6 Å². The zero-order valence-electron chi connectivity index (χ0n) is 12.9. The average molecular weight is 280 g/mol. The van der Waals surface area contributed by atoms with E-state index in [2.05, 4.69) is 20.6 Å². The van der Waals surface area contributed by atoms with Crippen molar-refractivity contribution in [2.45, 2.75) is 52.3 Å². The van der Waals surface area contributed by atoms with Crippen LogP contribution >= 0.6 is 0 Å². The second-order valence-electron chi connectivity index (χ2n) is 6.29. The molecule has 0 saturated carbocycles. The van der Waals surface area contributed by atoms with Crippen molar-refractivity contribution in [3.8, 4) is 0 Å². The Morgan fingerprint density at radius 3 is 2.50 bits per heavy atom. The van der Waals surface area contributed by atoms with Crippen LogP contribution in [0.4, 0.5) is 4.79 Å². The van der Waals surface area contributed by atoms with Crippen LogP contribution < -0.4 is 10.6 Å². The lowest BCUT2D eigenvalue weighted by Gasteiger charge is -2.27. The molecule has 1 aromatic rings. The van der Waals surface area contributed by atoms with Crippen LogP contribution in [0.5, 0.6) is 0 Å². The Labute approximate surface area is 120 Å². The van der Waals surface area contributed by atoms with E-state index >= 15 is 0 Å². The predicted octanol–water partition coefficient (Wildman–Crippen LogP) is 1.87. The van der Waals surface area contributed by atoms with Crippen LogP contribution in [-0.2, 0) is 11.3 Å². The van der Waals surface area contributed by atoms with Gasteiger partial charge in [0.25, 0.3) is 0 Å². The van der Waals surface area contributed by atoms with Crippen LogP contribution in [0.25, 0.3) is 0 Å². The number of nitrogens with one attached hydrogen (secondary N) is 2. The summed E-state index contributed by atoms with van der Waals surface area (Å²) in [5.41, 5.74) is 0.105. The summed E-state index contributed by atoms with van der Waals surface area (Å²) in [6.07, 6.45) is 4.60. The van der Waals surface area contributed by atoms with E-state index in [0.717, 1.165) is 5.69 Å². The van der Waals surface area contributed by atoms with E-state index in [1.807, 2.05) is 34.6 Å². The van der Waals surface area contributed by atoms with Gasteiger partial charge in [-0.25, -0.2) is 4.79 Å². The number of carbonyl (C=O) groups is 1. The highest BCUT2D eigenvalue weighted by Crippen LogP contribution is 2.07. The summed E-state index contributed by atoms with van der Waals surface area (Å²) in [6, 6.07) is 0. The molecule has 0 radical (unpaired) electrons. The van der Waals surface area contributed by atoms with Crippen LogP contribution in [0.1, 0.15) is 40.3 Å². The summed E-state index contributed by atoms with van der Waals surface area (Å²) in [6.45, 7) is 10.6. The van der Waals surface area contributed by atoms with Crippen molar-refractivity contribution >= 4 is 6.09 Å². The van der Waals surface area contributed by atoms with Crippen LogP contribution in [-0.4, -0.2) is 33.7 Å². The van der Waals surface area contributed by atoms with Gasteiger partial charge < -0.3 is 15.4 Å². The minimum Gasteiger partial charge on any atom is -0.444 e. The minimum atomic E-state index is -0.485. The fourth-order valence-electron chi connectivity index (χ4n) is 1.42. The van der Waals surface area contributed by atoms with Crippen molar-refractivity contribution in [3.63, 3.8) is 0 Å². The van der Waals surface area contributed by atoms with Gasteiger partial charge >= 0.3 is 6.09 Å². The van der Waals surface area contributed by atoms with E-state index in [0.29, 0.717) is 13.1 Å². The van der Waals surface area contributed by atoms with Crippen molar-refractivity contribution in [3.05, 3.63) is 24.3 Å². The lowest BCUT2D eigenvalue weighted by atomic mass is 10.1. The maximum atomic E-state index is 11.6. The molecule has 0 aliphatic heterocycles. The molecule has 0 unspecified atom stereocenters. The highest BCUT2D eigenvalue weighted by atomic mass is 16.6. The monoisotopic (exact) mass is 280 g/mol. The highest BCUT2D eigenvalue weighted by Gasteiger charge is 2.21. The number of carbonyl (C=O) groups excluding carboxylic acids is 1. The minimum absolute atomic E-state index is 0.269. The van der Waals surface area contributed by atoms with Gasteiger partial charge in [-0.05, 0) is 34.6 Å². The van der Waals surface area contributed by atoms with Gasteiger partial charge in [0, 0.05) is 37.2 Å². The molecular weight excluding hydrogens is 256 g/mol. The zero-order valence-corrected chi connectivity index (χ0v) is 12.9. The van der Waals surface area contributed by atoms with Crippen molar-refractivity contribution < 1.29 is 9.53 Å². The van der Waals surface area contributed by atoms with E-state index in [-0.39, 0.29) is 5.54 Å². The smallest absolute Gasteiger partial charge is 0.407 e. The Morgan fingerprint density at radius 2 is 1.95 bits per heavy atom. The van der Waals surface area contributed by atoms with Crippen molar-refractivity contribution in [2.75, 3.05) is 6.54 Å². The second-order valence-corrected chi connectivity index (χ2v) is 6.29. The first kappa shape index (κ1) is 16.4. The summed E-state index contributed by atoms with van der Waals surface area (Å²) in [5, 5.41) is 6.08. The van der Waals surface area contributed by atoms with Crippen LogP contribution in [0.15, 0.2) is 18.6 Å². The van der Waals surface area contributed by atoms with Gasteiger partial charge in [0.05, 0.1) is 5.69 Å². The third-order valence-electron chi connectivity index (χ3n) is 2.44. The Bertz CT molecular complexity index is 427. The molecule has 0 spiro atoms. The number of nitrogens with zero attached hydrogens (tertiary/aromatic N) is 2. The summed E-state index contributed by atoms with van der Waals surface area (Å²) in [5.74, 6) is 0. The molecular formula is C14H24N4O2. The summed E-state index contributed by atoms with van der Waals surface area (Å²) in [4.78, 5) is 19.8. The molecule has 6 nitrogen and oxygen atoms in total. The van der Waals surface area contributed by atoms with E-state index < -0.39 is 11.7 Å². The molecule has 6 heteroatoms. The number of hydrogen-bond acceptors (Lipinski definition) is 5. The SMILES string of the molecule is CC(C)(CNC(=O)OC(C)(C)C)NCc1cnccn1. The first-order chi connectivity index (χ1) is 9.18. The lowest BCUT2D eigenvalue weighted by Crippen LogP contribution is -2.49. The Kier molecular flexibility index (Phi) is 5.44. The molecule has 2 N–H and O–H groups in total. The molecule has 0 aliphatic rings. The van der Waals surface area contributed by atoms with Gasteiger partial charge in [-0.2, -0.15) is 0 Å². The molecule has 0 fully saturated rings. The quantitative estimate of drug-likeness (QED) is 0.861. The third kappa shape index (κ3) is 7.04. The molecule has 0 bridgehead atoms. The van der Waals surface area contributed by atoms with Crippen molar-refractivity contribution in [2.24, 2.45) is 0 Å². The molecule has 1 aromatic heterocycles. The standard InChI is InChI=1S/C14H24N4O2/c1-13(2,3)20-12(19)17-10-14(4,5)18-9-11-8-15-6-7-16-11/h6-8,18H,9-10H2,1-5H3,(H,17,19). The van der Waals surface area contributed by atoms with Gasteiger partial charge in [0.15, 0.2) is 0 Å². The predicted molar refractivity (Wildman–Crippen MR) is 77.2 cm³/mol. The van der Waals surface area contributed by atoms with E-state index in [4.69, 9.17) is 4.74 Å². The number of amides is 1. The fraction of sp³-hybridized carbons (Fsp3) is 0.643. The molecule has 1 heterocycles. The average Bonchev–Trinajstić information content (AvgIpc) is 2.34. The molecule has 112 valence electrons. The van der Waals surface area contributed by atoms with Gasteiger partial charge in [0.1, 0.15) is 5.60 Å². The number of aromatic nitrogens is 2. The Morgan fingerprint density at radius 1 is 1.25 bits per heavy atom. The largest absolute Gasteiger partial charge is 0.444 e. The van der Waals surface area contributed by atoms with Crippen molar-refractivity contribution in [1.82, 2.24) is 20.6 Å². The molecule has 1 amide bonds.